The molecule has 1 saturated heterocycles. The van der Waals surface area contributed by atoms with Crippen LogP contribution in [0.2, 0.25) is 0 Å². The SMILES string of the molecule is O=C1CNCC2CCc3ccc(C(F)(F)F)cc3N12. The largest absolute Gasteiger partial charge is 0.416 e. The molecule has 19 heavy (non-hydrogen) atoms. The molecule has 102 valence electrons. The molecule has 1 fully saturated rings. The highest BCUT2D eigenvalue weighted by Gasteiger charge is 2.37. The van der Waals surface area contributed by atoms with Crippen LogP contribution in [0.25, 0.3) is 0 Å². The zero-order valence-corrected chi connectivity index (χ0v) is 10.1. The number of anilines is 1. The molecule has 6 heteroatoms. The Morgan fingerprint density at radius 1 is 1.32 bits per heavy atom. The zero-order chi connectivity index (χ0) is 13.6. The highest BCUT2D eigenvalue weighted by Crippen LogP contribution is 2.37. The summed E-state index contributed by atoms with van der Waals surface area (Å²) in [5.74, 6) is -0.156. The number of halogens is 3. The summed E-state index contributed by atoms with van der Waals surface area (Å²) >= 11 is 0. The molecular formula is C13H13F3N2O. The Labute approximate surface area is 108 Å². The summed E-state index contributed by atoms with van der Waals surface area (Å²) in [6, 6.07) is 3.65. The minimum atomic E-state index is -4.38. The summed E-state index contributed by atoms with van der Waals surface area (Å²) < 4.78 is 38.3. The molecule has 0 saturated carbocycles. The lowest BCUT2D eigenvalue weighted by atomic mass is 9.93. The van der Waals surface area contributed by atoms with Gasteiger partial charge in [0.1, 0.15) is 0 Å². The van der Waals surface area contributed by atoms with Crippen LogP contribution in [0.3, 0.4) is 0 Å². The van der Waals surface area contributed by atoms with Crippen molar-refractivity contribution in [1.29, 1.82) is 0 Å². The van der Waals surface area contributed by atoms with Gasteiger partial charge in [-0.15, -0.1) is 0 Å². The minimum absolute atomic E-state index is 0.0303. The number of nitrogens with one attached hydrogen (secondary N) is 1. The predicted molar refractivity (Wildman–Crippen MR) is 63.9 cm³/mol. The van der Waals surface area contributed by atoms with Gasteiger partial charge in [0.15, 0.2) is 0 Å². The Kier molecular flexibility index (Phi) is 2.78. The van der Waals surface area contributed by atoms with Gasteiger partial charge < -0.3 is 10.2 Å². The molecule has 2 aliphatic heterocycles. The van der Waals surface area contributed by atoms with E-state index < -0.39 is 11.7 Å². The number of fused-ring (bicyclic) bond motifs is 3. The van der Waals surface area contributed by atoms with E-state index in [0.717, 1.165) is 24.1 Å². The van der Waals surface area contributed by atoms with E-state index in [9.17, 15) is 18.0 Å². The van der Waals surface area contributed by atoms with Crippen molar-refractivity contribution in [2.24, 2.45) is 0 Å². The Balaban J connectivity index is 2.06. The second kappa shape index (κ2) is 4.23. The fourth-order valence-electron chi connectivity index (χ4n) is 2.79. The van der Waals surface area contributed by atoms with Crippen LogP contribution in [-0.2, 0) is 17.4 Å². The van der Waals surface area contributed by atoms with E-state index in [1.807, 2.05) is 0 Å². The van der Waals surface area contributed by atoms with Gasteiger partial charge in [-0.2, -0.15) is 13.2 Å². The molecule has 1 N–H and O–H groups in total. The highest BCUT2D eigenvalue weighted by molar-refractivity contribution is 5.97. The molecular weight excluding hydrogens is 257 g/mol. The van der Waals surface area contributed by atoms with Crippen LogP contribution in [0, 0.1) is 0 Å². The van der Waals surface area contributed by atoms with E-state index in [1.54, 1.807) is 0 Å². The molecule has 0 radical (unpaired) electrons. The summed E-state index contributed by atoms with van der Waals surface area (Å²) in [5.41, 5.74) is 0.551. The Morgan fingerprint density at radius 3 is 2.84 bits per heavy atom. The van der Waals surface area contributed by atoms with Crippen molar-refractivity contribution in [3.05, 3.63) is 29.3 Å². The third-order valence-electron chi connectivity index (χ3n) is 3.71. The first kappa shape index (κ1) is 12.5. The molecule has 1 unspecified atom stereocenters. The van der Waals surface area contributed by atoms with E-state index >= 15 is 0 Å². The van der Waals surface area contributed by atoms with Crippen LogP contribution in [0.4, 0.5) is 18.9 Å². The van der Waals surface area contributed by atoms with E-state index in [0.29, 0.717) is 18.7 Å². The number of carbonyl (C=O) groups excluding carboxylic acids is 1. The molecule has 0 spiro atoms. The second-order valence-electron chi connectivity index (χ2n) is 4.93. The molecule has 2 aliphatic rings. The van der Waals surface area contributed by atoms with Crippen molar-refractivity contribution >= 4 is 11.6 Å². The van der Waals surface area contributed by atoms with Gasteiger partial charge in [-0.3, -0.25) is 4.79 Å². The van der Waals surface area contributed by atoms with E-state index in [2.05, 4.69) is 5.32 Å². The highest BCUT2D eigenvalue weighted by atomic mass is 19.4. The summed E-state index contributed by atoms with van der Waals surface area (Å²) in [4.78, 5) is 13.5. The smallest absolute Gasteiger partial charge is 0.307 e. The first-order chi connectivity index (χ1) is 8.97. The van der Waals surface area contributed by atoms with Crippen LogP contribution in [0.15, 0.2) is 18.2 Å². The van der Waals surface area contributed by atoms with Crippen LogP contribution in [0.1, 0.15) is 17.5 Å². The Morgan fingerprint density at radius 2 is 2.11 bits per heavy atom. The average Bonchev–Trinajstić information content (AvgIpc) is 2.37. The quantitative estimate of drug-likeness (QED) is 0.781. The van der Waals surface area contributed by atoms with Crippen molar-refractivity contribution < 1.29 is 18.0 Å². The van der Waals surface area contributed by atoms with E-state index in [1.165, 1.54) is 11.0 Å². The number of hydrogen-bond acceptors (Lipinski definition) is 2. The number of hydrogen-bond donors (Lipinski definition) is 1. The van der Waals surface area contributed by atoms with Gasteiger partial charge in [0.05, 0.1) is 12.1 Å². The molecule has 1 aromatic carbocycles. The molecule has 2 heterocycles. The van der Waals surface area contributed by atoms with Crippen molar-refractivity contribution in [2.45, 2.75) is 25.1 Å². The summed E-state index contributed by atoms with van der Waals surface area (Å²) in [7, 11) is 0. The summed E-state index contributed by atoms with van der Waals surface area (Å²) in [5, 5.41) is 3.00. The number of alkyl halides is 3. The third-order valence-corrected chi connectivity index (χ3v) is 3.71. The standard InChI is InChI=1S/C13H13F3N2O/c14-13(15,16)9-3-1-8-2-4-10-6-17-7-12(19)18(10)11(8)5-9/h1,3,5,10,17H,2,4,6-7H2. The van der Waals surface area contributed by atoms with Crippen LogP contribution < -0.4 is 10.2 Å². The maximum absolute atomic E-state index is 12.8. The van der Waals surface area contributed by atoms with E-state index in [-0.39, 0.29) is 18.5 Å². The van der Waals surface area contributed by atoms with Gasteiger partial charge in [0.25, 0.3) is 0 Å². The van der Waals surface area contributed by atoms with Crippen molar-refractivity contribution in [1.82, 2.24) is 5.32 Å². The predicted octanol–water partition coefficient (Wildman–Crippen LogP) is 1.96. The molecule has 1 atom stereocenters. The van der Waals surface area contributed by atoms with Gasteiger partial charge in [-0.25, -0.2) is 0 Å². The normalized spacial score (nSPS) is 23.0. The Bertz CT molecular complexity index is 527. The van der Waals surface area contributed by atoms with Crippen molar-refractivity contribution in [2.75, 3.05) is 18.0 Å². The topological polar surface area (TPSA) is 32.3 Å². The van der Waals surface area contributed by atoms with Crippen LogP contribution >= 0.6 is 0 Å². The van der Waals surface area contributed by atoms with Gasteiger partial charge in [0.2, 0.25) is 5.91 Å². The van der Waals surface area contributed by atoms with E-state index in [4.69, 9.17) is 0 Å². The number of rotatable bonds is 0. The fourth-order valence-corrected chi connectivity index (χ4v) is 2.79. The van der Waals surface area contributed by atoms with Gasteiger partial charge in [0, 0.05) is 18.3 Å². The number of aryl methyl sites for hydroxylation is 1. The lowest BCUT2D eigenvalue weighted by Gasteiger charge is -2.40. The van der Waals surface area contributed by atoms with Gasteiger partial charge in [-0.1, -0.05) is 6.07 Å². The van der Waals surface area contributed by atoms with Gasteiger partial charge in [-0.05, 0) is 30.5 Å². The van der Waals surface area contributed by atoms with Crippen molar-refractivity contribution in [3.8, 4) is 0 Å². The molecule has 1 aromatic rings. The maximum Gasteiger partial charge on any atom is 0.416 e. The first-order valence-electron chi connectivity index (χ1n) is 6.20. The molecule has 0 aromatic heterocycles. The number of benzene rings is 1. The molecule has 3 rings (SSSR count). The molecule has 0 aliphatic carbocycles. The Hall–Kier alpha value is -1.56. The monoisotopic (exact) mass is 270 g/mol. The van der Waals surface area contributed by atoms with Gasteiger partial charge >= 0.3 is 6.18 Å². The zero-order valence-electron chi connectivity index (χ0n) is 10.1. The molecule has 0 bridgehead atoms. The lowest BCUT2D eigenvalue weighted by Crippen LogP contribution is -2.56. The minimum Gasteiger partial charge on any atom is -0.307 e. The molecule has 3 nitrogen and oxygen atoms in total. The summed E-state index contributed by atoms with van der Waals surface area (Å²) in [6.07, 6.45) is -2.88. The fraction of sp³-hybridized carbons (Fsp3) is 0.462. The number of piperazine rings is 1. The number of nitrogens with zero attached hydrogens (tertiary/aromatic N) is 1. The maximum atomic E-state index is 12.8. The van der Waals surface area contributed by atoms with Crippen LogP contribution in [0.5, 0.6) is 0 Å². The molecule has 1 amide bonds. The van der Waals surface area contributed by atoms with Crippen molar-refractivity contribution in [3.63, 3.8) is 0 Å². The lowest BCUT2D eigenvalue weighted by molar-refractivity contribution is -0.137. The number of amides is 1. The number of carbonyl (C=O) groups is 1. The third kappa shape index (κ3) is 2.10. The first-order valence-corrected chi connectivity index (χ1v) is 6.20. The second-order valence-corrected chi connectivity index (χ2v) is 4.93. The van der Waals surface area contributed by atoms with Crippen LogP contribution in [-0.4, -0.2) is 25.0 Å². The average molecular weight is 270 g/mol. The summed E-state index contributed by atoms with van der Waals surface area (Å²) in [6.45, 7) is 0.827.